The molecule has 3 nitrogen and oxygen atoms in total. The van der Waals surface area contributed by atoms with Crippen molar-refractivity contribution >= 4 is 60.7 Å². The summed E-state index contributed by atoms with van der Waals surface area (Å²) in [6.07, 6.45) is 0. The molecule has 0 aliphatic carbocycles. The Hall–Kier alpha value is -9.18. The molecule has 0 saturated carbocycles. The Labute approximate surface area is 401 Å². The number of aromatic nitrogens is 2. The van der Waals surface area contributed by atoms with E-state index in [9.17, 15) is 0 Å². The number of fused-ring (bicyclic) bond motifs is 6. The SMILES string of the molecule is c1ccc(-c2ccc(N(c3ccccc3)c3ccc(-c4ccc(-n5c6ccccc6c6cc(-c7ccc8c(c7)c7ccccc7n8-c7ccc(-c8ccccc8)cc7)ccc65)cc4)cc3)cc2)cc1. The first-order valence-corrected chi connectivity index (χ1v) is 23.7. The third-order valence-electron chi connectivity index (χ3n) is 13.7. The van der Waals surface area contributed by atoms with Crippen molar-refractivity contribution in [2.45, 2.75) is 0 Å². The fourth-order valence-electron chi connectivity index (χ4n) is 10.4. The van der Waals surface area contributed by atoms with Crippen LogP contribution in [0.4, 0.5) is 17.1 Å². The van der Waals surface area contributed by atoms with Crippen molar-refractivity contribution in [1.82, 2.24) is 9.13 Å². The van der Waals surface area contributed by atoms with Gasteiger partial charge in [0.1, 0.15) is 0 Å². The van der Waals surface area contributed by atoms with E-state index in [2.05, 4.69) is 287 Å². The fourth-order valence-corrected chi connectivity index (χ4v) is 10.4. The monoisotopic (exact) mass is 879 g/mol. The molecule has 0 unspecified atom stereocenters. The van der Waals surface area contributed by atoms with Crippen molar-refractivity contribution in [1.29, 1.82) is 0 Å². The topological polar surface area (TPSA) is 13.1 Å². The standard InChI is InChI=1S/C66H45N3/c1-4-14-46(15-5-1)48-24-34-55(35-25-48)67(54-18-8-3-9-19-54)56-36-26-50(27-37-56)51-30-40-58(41-31-51)69-64-23-13-11-21-60(64)62-45-53(33-43-66(62)69)52-32-42-65-61(44-52)59-20-10-12-22-63(59)68(65)57-38-28-49(29-39-57)47-16-6-2-7-17-47/h1-45H. The van der Waals surface area contributed by atoms with Gasteiger partial charge in [-0.1, -0.05) is 176 Å². The molecule has 69 heavy (non-hydrogen) atoms. The summed E-state index contributed by atoms with van der Waals surface area (Å²) in [5.74, 6) is 0. The Morgan fingerprint density at radius 3 is 0.899 bits per heavy atom. The minimum Gasteiger partial charge on any atom is -0.311 e. The molecule has 0 bridgehead atoms. The molecule has 11 aromatic carbocycles. The summed E-state index contributed by atoms with van der Waals surface area (Å²) in [6.45, 7) is 0. The summed E-state index contributed by atoms with van der Waals surface area (Å²) in [4.78, 5) is 2.32. The normalized spacial score (nSPS) is 11.5. The smallest absolute Gasteiger partial charge is 0.0541 e. The first-order chi connectivity index (χ1) is 34.2. The zero-order valence-corrected chi connectivity index (χ0v) is 37.8. The number of hydrogen-bond donors (Lipinski definition) is 0. The van der Waals surface area contributed by atoms with Crippen LogP contribution < -0.4 is 4.90 Å². The molecule has 324 valence electrons. The highest BCUT2D eigenvalue weighted by molar-refractivity contribution is 6.12. The lowest BCUT2D eigenvalue weighted by Gasteiger charge is -2.26. The van der Waals surface area contributed by atoms with Crippen LogP contribution in [0.2, 0.25) is 0 Å². The number of benzene rings is 11. The lowest BCUT2D eigenvalue weighted by Crippen LogP contribution is -2.09. The molecule has 0 saturated heterocycles. The molecule has 0 aliphatic rings. The second-order valence-corrected chi connectivity index (χ2v) is 17.8. The largest absolute Gasteiger partial charge is 0.311 e. The Balaban J connectivity index is 0.815. The van der Waals surface area contributed by atoms with Gasteiger partial charge in [0.25, 0.3) is 0 Å². The highest BCUT2D eigenvalue weighted by Crippen LogP contribution is 2.40. The van der Waals surface area contributed by atoms with E-state index in [4.69, 9.17) is 0 Å². The van der Waals surface area contributed by atoms with Gasteiger partial charge in [-0.3, -0.25) is 0 Å². The number of nitrogens with zero attached hydrogens (tertiary/aromatic N) is 3. The number of para-hydroxylation sites is 3. The van der Waals surface area contributed by atoms with E-state index >= 15 is 0 Å². The van der Waals surface area contributed by atoms with Crippen LogP contribution in [0.25, 0.3) is 99.5 Å². The molecule has 0 radical (unpaired) electrons. The van der Waals surface area contributed by atoms with Crippen LogP contribution in [-0.2, 0) is 0 Å². The highest BCUT2D eigenvalue weighted by atomic mass is 15.1. The van der Waals surface area contributed by atoms with Gasteiger partial charge in [-0.25, -0.2) is 0 Å². The maximum atomic E-state index is 2.40. The lowest BCUT2D eigenvalue weighted by atomic mass is 10.0. The third kappa shape index (κ3) is 7.16. The van der Waals surface area contributed by atoms with Gasteiger partial charge >= 0.3 is 0 Å². The van der Waals surface area contributed by atoms with Crippen molar-refractivity contribution in [3.05, 3.63) is 273 Å². The van der Waals surface area contributed by atoms with Crippen LogP contribution in [0.1, 0.15) is 0 Å². The molecular formula is C66H45N3. The zero-order valence-electron chi connectivity index (χ0n) is 37.8. The van der Waals surface area contributed by atoms with Gasteiger partial charge in [0, 0.05) is 50.0 Å². The first kappa shape index (κ1) is 40.1. The van der Waals surface area contributed by atoms with E-state index in [1.807, 2.05) is 0 Å². The number of hydrogen-bond acceptors (Lipinski definition) is 1. The maximum absolute atomic E-state index is 2.40. The van der Waals surface area contributed by atoms with Gasteiger partial charge in [0.2, 0.25) is 0 Å². The summed E-state index contributed by atoms with van der Waals surface area (Å²) in [7, 11) is 0. The van der Waals surface area contributed by atoms with Crippen LogP contribution in [0.15, 0.2) is 273 Å². The van der Waals surface area contributed by atoms with E-state index in [-0.39, 0.29) is 0 Å². The molecule has 13 aromatic rings. The zero-order chi connectivity index (χ0) is 45.7. The Bertz CT molecular complexity index is 3940. The molecule has 0 fully saturated rings. The second kappa shape index (κ2) is 16.9. The van der Waals surface area contributed by atoms with Gasteiger partial charge in [-0.2, -0.15) is 0 Å². The quantitative estimate of drug-likeness (QED) is 0.141. The van der Waals surface area contributed by atoms with Crippen molar-refractivity contribution in [3.63, 3.8) is 0 Å². The summed E-state index contributed by atoms with van der Waals surface area (Å²) < 4.78 is 4.80. The molecule has 0 aliphatic heterocycles. The van der Waals surface area contributed by atoms with Gasteiger partial charge in [-0.15, -0.1) is 0 Å². The number of rotatable bonds is 9. The van der Waals surface area contributed by atoms with E-state index in [1.165, 1.54) is 88.1 Å². The summed E-state index contributed by atoms with van der Waals surface area (Å²) in [5, 5.41) is 4.97. The second-order valence-electron chi connectivity index (χ2n) is 17.8. The molecule has 0 amide bonds. The molecule has 2 aromatic heterocycles. The predicted molar refractivity (Wildman–Crippen MR) is 292 cm³/mol. The molecule has 2 heterocycles. The Kier molecular flexibility index (Phi) is 9.84. The summed E-state index contributed by atoms with van der Waals surface area (Å²) in [6, 6.07) is 98.9. The molecule has 0 atom stereocenters. The predicted octanol–water partition coefficient (Wildman–Crippen LogP) is 18.0. The van der Waals surface area contributed by atoms with Crippen molar-refractivity contribution in [2.75, 3.05) is 4.90 Å². The Morgan fingerprint density at radius 2 is 0.493 bits per heavy atom. The average molecular weight is 880 g/mol. The van der Waals surface area contributed by atoms with Crippen LogP contribution in [0, 0.1) is 0 Å². The van der Waals surface area contributed by atoms with Crippen LogP contribution in [0.5, 0.6) is 0 Å². The van der Waals surface area contributed by atoms with Crippen LogP contribution >= 0.6 is 0 Å². The van der Waals surface area contributed by atoms with Crippen LogP contribution in [0.3, 0.4) is 0 Å². The van der Waals surface area contributed by atoms with Crippen molar-refractivity contribution in [2.24, 2.45) is 0 Å². The molecule has 3 heteroatoms. The van der Waals surface area contributed by atoms with Crippen molar-refractivity contribution < 1.29 is 0 Å². The minimum atomic E-state index is 1.11. The molecular weight excluding hydrogens is 835 g/mol. The molecule has 0 N–H and O–H groups in total. The van der Waals surface area contributed by atoms with E-state index in [0.29, 0.717) is 0 Å². The van der Waals surface area contributed by atoms with Crippen molar-refractivity contribution in [3.8, 4) is 55.9 Å². The summed E-state index contributed by atoms with van der Waals surface area (Å²) >= 11 is 0. The molecule has 13 rings (SSSR count). The Morgan fingerprint density at radius 1 is 0.203 bits per heavy atom. The van der Waals surface area contributed by atoms with Gasteiger partial charge in [0.15, 0.2) is 0 Å². The van der Waals surface area contributed by atoms with E-state index in [0.717, 1.165) is 28.4 Å². The highest BCUT2D eigenvalue weighted by Gasteiger charge is 2.18. The van der Waals surface area contributed by atoms with E-state index < -0.39 is 0 Å². The molecule has 0 spiro atoms. The van der Waals surface area contributed by atoms with Gasteiger partial charge in [0.05, 0.1) is 22.1 Å². The van der Waals surface area contributed by atoms with Crippen LogP contribution in [-0.4, -0.2) is 9.13 Å². The lowest BCUT2D eigenvalue weighted by molar-refractivity contribution is 1.18. The average Bonchev–Trinajstić information content (AvgIpc) is 3.94. The van der Waals surface area contributed by atoms with Gasteiger partial charge in [-0.05, 0) is 142 Å². The fraction of sp³-hybridized carbons (Fsp3) is 0. The van der Waals surface area contributed by atoms with Gasteiger partial charge < -0.3 is 14.0 Å². The maximum Gasteiger partial charge on any atom is 0.0541 e. The number of anilines is 3. The first-order valence-electron chi connectivity index (χ1n) is 23.7. The third-order valence-corrected chi connectivity index (χ3v) is 13.7. The minimum absolute atomic E-state index is 1.11. The summed E-state index contributed by atoms with van der Waals surface area (Å²) in [5.41, 5.74) is 20.0. The van der Waals surface area contributed by atoms with E-state index in [1.54, 1.807) is 0 Å².